The molecule has 1 aliphatic carbocycles. The Labute approximate surface area is 215 Å². The molecule has 1 aromatic carbocycles. The molecule has 188 valence electrons. The fraction of sp³-hybridized carbons (Fsp3) is 0.259. The summed E-state index contributed by atoms with van der Waals surface area (Å²) in [6.07, 6.45) is 9.12. The van der Waals surface area contributed by atoms with Gasteiger partial charge in [0.25, 0.3) is 0 Å². The summed E-state index contributed by atoms with van der Waals surface area (Å²) in [7, 11) is 0.557. The van der Waals surface area contributed by atoms with Crippen molar-refractivity contribution in [3.05, 3.63) is 84.3 Å². The third kappa shape index (κ3) is 7.32. The normalized spacial score (nSPS) is 20.0. The molecule has 0 amide bonds. The van der Waals surface area contributed by atoms with Gasteiger partial charge in [-0.05, 0) is 49.7 Å². The van der Waals surface area contributed by atoms with Crippen LogP contribution in [0.15, 0.2) is 78.7 Å². The van der Waals surface area contributed by atoms with E-state index in [-0.39, 0.29) is 19.2 Å². The maximum absolute atomic E-state index is 12.0. The van der Waals surface area contributed by atoms with Crippen LogP contribution in [0.4, 0.5) is 0 Å². The first-order valence-electron chi connectivity index (χ1n) is 11.8. The van der Waals surface area contributed by atoms with E-state index in [1.165, 1.54) is 11.1 Å². The van der Waals surface area contributed by atoms with Crippen molar-refractivity contribution in [3.8, 4) is 17.7 Å². The lowest BCUT2D eigenvalue weighted by Crippen LogP contribution is -2.47. The molecule has 1 saturated heterocycles. The molecule has 10 heteroatoms. The highest BCUT2D eigenvalue weighted by atomic mass is 16.6. The van der Waals surface area contributed by atoms with Gasteiger partial charge in [-0.3, -0.25) is 14.5 Å². The van der Waals surface area contributed by atoms with Crippen LogP contribution in [-0.4, -0.2) is 55.2 Å². The first kappa shape index (κ1) is 25.7. The second kappa shape index (κ2) is 12.1. The van der Waals surface area contributed by atoms with E-state index in [0.29, 0.717) is 47.7 Å². The van der Waals surface area contributed by atoms with Gasteiger partial charge in [-0.25, -0.2) is 4.98 Å². The van der Waals surface area contributed by atoms with E-state index in [2.05, 4.69) is 11.6 Å². The maximum Gasteiger partial charge on any atom is 0.636 e. The molecule has 37 heavy (non-hydrogen) atoms. The summed E-state index contributed by atoms with van der Waals surface area (Å²) < 4.78 is 22.7. The summed E-state index contributed by atoms with van der Waals surface area (Å²) in [5.74, 6) is 0.698. The molecule has 1 fully saturated rings. The molecule has 0 spiro atoms. The van der Waals surface area contributed by atoms with Crippen LogP contribution in [0.5, 0.6) is 11.6 Å². The van der Waals surface area contributed by atoms with Crippen LogP contribution < -0.4 is 14.9 Å². The number of hydrogen-bond donors (Lipinski definition) is 0. The third-order valence-electron chi connectivity index (χ3n) is 5.71. The van der Waals surface area contributed by atoms with Crippen LogP contribution >= 0.6 is 0 Å². The summed E-state index contributed by atoms with van der Waals surface area (Å²) >= 11 is 0. The van der Waals surface area contributed by atoms with Crippen molar-refractivity contribution in [3.63, 3.8) is 0 Å². The number of carbonyl (C=O) groups excluding carboxylic acids is 2. The van der Waals surface area contributed by atoms with E-state index < -0.39 is 19.1 Å². The zero-order valence-corrected chi connectivity index (χ0v) is 20.5. The van der Waals surface area contributed by atoms with Crippen LogP contribution in [0.2, 0.25) is 0 Å². The third-order valence-corrected chi connectivity index (χ3v) is 5.71. The summed E-state index contributed by atoms with van der Waals surface area (Å²) in [4.78, 5) is 29.7. The van der Waals surface area contributed by atoms with E-state index in [9.17, 15) is 9.59 Å². The van der Waals surface area contributed by atoms with Gasteiger partial charge in [-0.2, -0.15) is 5.26 Å². The molecule has 1 aromatic heterocycles. The highest BCUT2D eigenvalue weighted by Crippen LogP contribution is 2.24. The molecule has 2 heterocycles. The number of nitriles is 1. The Bertz CT molecular complexity index is 1230. The van der Waals surface area contributed by atoms with E-state index in [0.717, 1.165) is 5.57 Å². The number of nitrogens with zero attached hydrogens (tertiary/aromatic N) is 3. The van der Waals surface area contributed by atoms with Crippen molar-refractivity contribution in [2.45, 2.75) is 25.4 Å². The molecule has 9 nitrogen and oxygen atoms in total. The van der Waals surface area contributed by atoms with Crippen molar-refractivity contribution in [1.29, 1.82) is 5.26 Å². The molecule has 4 rings (SSSR count). The van der Waals surface area contributed by atoms with Gasteiger partial charge in [-0.1, -0.05) is 30.9 Å². The first-order chi connectivity index (χ1) is 17.9. The predicted octanol–water partition coefficient (Wildman–Crippen LogP) is 2.69. The first-order valence-corrected chi connectivity index (χ1v) is 11.8. The fourth-order valence-corrected chi connectivity index (χ4v) is 3.78. The van der Waals surface area contributed by atoms with Crippen molar-refractivity contribution < 1.29 is 28.4 Å². The smallest absolute Gasteiger partial charge is 0.494 e. The Hall–Kier alpha value is -4.36. The summed E-state index contributed by atoms with van der Waals surface area (Å²) in [6.45, 7) is 4.18. The lowest BCUT2D eigenvalue weighted by Gasteiger charge is -2.23. The lowest BCUT2D eigenvalue weighted by atomic mass is 9.78. The highest BCUT2D eigenvalue weighted by molar-refractivity contribution is 6.64. The van der Waals surface area contributed by atoms with Crippen LogP contribution in [0.1, 0.15) is 24.8 Å². The topological polar surface area (TPSA) is 111 Å². The minimum absolute atomic E-state index is 0.0128. The molecule has 2 aromatic rings. The van der Waals surface area contributed by atoms with Gasteiger partial charge in [-0.15, -0.1) is 0 Å². The standard InChI is InChI=1S/C27H26BN3O6/c1-19-7-11-22(5-3-4-6-24(19)35-25-14-8-20(15-29)16-30-25)34-23-12-9-21(10-13-23)28-36-26(32)17-31(2)18-27(33)37-28/h3-4,6,8-10,12-14,16,22H,1,5,7,11,17-18H2,2H3/b4-3-,24-6?/t22-/m0/s1. The van der Waals surface area contributed by atoms with Crippen LogP contribution in [0, 0.1) is 11.3 Å². The molecule has 0 radical (unpaired) electrons. The maximum atomic E-state index is 12.0. The molecule has 1 aliphatic heterocycles. The average molecular weight is 499 g/mol. The average Bonchev–Trinajstić information content (AvgIpc) is 2.95. The number of allylic oxidation sites excluding steroid dienone is 3. The number of ether oxygens (including phenoxy) is 2. The molecular weight excluding hydrogens is 473 g/mol. The van der Waals surface area contributed by atoms with Crippen molar-refractivity contribution >= 4 is 24.5 Å². The molecular formula is C27H26BN3O6. The van der Waals surface area contributed by atoms with Gasteiger partial charge in [0.15, 0.2) is 0 Å². The molecule has 0 saturated carbocycles. The summed E-state index contributed by atoms with van der Waals surface area (Å²) in [6, 6.07) is 12.3. The Morgan fingerprint density at radius 2 is 1.86 bits per heavy atom. The van der Waals surface area contributed by atoms with Gasteiger partial charge < -0.3 is 18.8 Å². The second-order valence-electron chi connectivity index (χ2n) is 8.73. The van der Waals surface area contributed by atoms with E-state index >= 15 is 0 Å². The molecule has 0 N–H and O–H groups in total. The number of rotatable bonds is 5. The Kier molecular flexibility index (Phi) is 8.38. The second-order valence-corrected chi connectivity index (χ2v) is 8.73. The number of hydrogen-bond acceptors (Lipinski definition) is 9. The molecule has 1 atom stereocenters. The number of aromatic nitrogens is 1. The predicted molar refractivity (Wildman–Crippen MR) is 136 cm³/mol. The lowest BCUT2D eigenvalue weighted by molar-refractivity contribution is -0.145. The number of benzene rings is 1. The van der Waals surface area contributed by atoms with E-state index in [1.54, 1.807) is 43.4 Å². The van der Waals surface area contributed by atoms with Gasteiger partial charge in [0.1, 0.15) is 23.7 Å². The monoisotopic (exact) mass is 499 g/mol. The fourth-order valence-electron chi connectivity index (χ4n) is 3.78. The zero-order valence-electron chi connectivity index (χ0n) is 20.5. The highest BCUT2D eigenvalue weighted by Gasteiger charge is 2.33. The van der Waals surface area contributed by atoms with Gasteiger partial charge >= 0.3 is 19.1 Å². The van der Waals surface area contributed by atoms with Gasteiger partial charge in [0, 0.05) is 24.1 Å². The van der Waals surface area contributed by atoms with Crippen LogP contribution in [-0.2, 0) is 18.9 Å². The number of likely N-dealkylation sites (N-methyl/N-ethyl adjacent to an activating group) is 1. The minimum Gasteiger partial charge on any atom is -0.494 e. The summed E-state index contributed by atoms with van der Waals surface area (Å²) in [5.41, 5.74) is 1.81. The van der Waals surface area contributed by atoms with Crippen LogP contribution in [0.25, 0.3) is 0 Å². The van der Waals surface area contributed by atoms with Crippen molar-refractivity contribution in [1.82, 2.24) is 9.88 Å². The minimum atomic E-state index is -1.09. The molecule has 0 unspecified atom stereocenters. The summed E-state index contributed by atoms with van der Waals surface area (Å²) in [5, 5.41) is 8.93. The van der Waals surface area contributed by atoms with E-state index in [4.69, 9.17) is 24.0 Å². The Balaban J connectivity index is 1.35. The quantitative estimate of drug-likeness (QED) is 0.574. The largest absolute Gasteiger partial charge is 0.636 e. The van der Waals surface area contributed by atoms with Gasteiger partial charge in [0.2, 0.25) is 5.88 Å². The number of carbonyl (C=O) groups is 2. The number of pyridine rings is 1. The van der Waals surface area contributed by atoms with Crippen LogP contribution in [0.3, 0.4) is 0 Å². The molecule has 0 bridgehead atoms. The van der Waals surface area contributed by atoms with E-state index in [1.807, 2.05) is 24.3 Å². The SMILES string of the molecule is C=C1CC[C@@H](Oc2ccc(B3OC(=O)CN(C)CC(=O)O3)cc2)C/C=C\C=C1Oc1ccc(C#N)cn1. The zero-order chi connectivity index (χ0) is 26.2. The van der Waals surface area contributed by atoms with Gasteiger partial charge in [0.05, 0.1) is 18.7 Å². The molecule has 2 aliphatic rings. The van der Waals surface area contributed by atoms with Crippen molar-refractivity contribution in [2.75, 3.05) is 20.1 Å². The van der Waals surface area contributed by atoms with Crippen molar-refractivity contribution in [2.24, 2.45) is 0 Å². The Morgan fingerprint density at radius 3 is 2.51 bits per heavy atom. The Morgan fingerprint density at radius 1 is 1.14 bits per heavy atom.